The second-order valence-electron chi connectivity index (χ2n) is 7.66. The molecule has 2 atom stereocenters. The van der Waals surface area contributed by atoms with Gasteiger partial charge in [-0.15, -0.1) is 0 Å². The first kappa shape index (κ1) is 20.1. The molecule has 0 bridgehead atoms. The second-order valence-corrected chi connectivity index (χ2v) is 8.04. The molecule has 2 aliphatic rings. The lowest BCUT2D eigenvalue weighted by molar-refractivity contribution is -0.173. The fourth-order valence-electron chi connectivity index (χ4n) is 4.14. The van der Waals surface area contributed by atoms with Crippen LogP contribution in [0.4, 0.5) is 19.0 Å². The standard InChI is InChI=1S/C20H22ClF3N4O/c21-16-17(19(29)25-13-9-5-2-6-10-13)27-28-15(20(22,23)24)11-14(26-18(16)28)12-7-3-1-4-8-12/h1,3-4,7-8,13-15,26H,2,5-6,9-11H2,(H,25,29). The van der Waals surface area contributed by atoms with Crippen LogP contribution in [0.2, 0.25) is 5.02 Å². The van der Waals surface area contributed by atoms with Crippen LogP contribution in [0.15, 0.2) is 30.3 Å². The van der Waals surface area contributed by atoms with Crippen LogP contribution in [0.5, 0.6) is 0 Å². The Labute approximate surface area is 171 Å². The Kier molecular flexibility index (Phi) is 5.46. The first-order valence-electron chi connectivity index (χ1n) is 9.81. The number of carbonyl (C=O) groups excluding carboxylic acids is 1. The predicted molar refractivity (Wildman–Crippen MR) is 104 cm³/mol. The molecule has 2 unspecified atom stereocenters. The highest BCUT2D eigenvalue weighted by molar-refractivity contribution is 6.36. The zero-order valence-corrected chi connectivity index (χ0v) is 16.4. The Morgan fingerprint density at radius 1 is 1.17 bits per heavy atom. The van der Waals surface area contributed by atoms with Crippen molar-refractivity contribution in [2.75, 3.05) is 5.32 Å². The van der Waals surface area contributed by atoms with Crippen LogP contribution in [-0.2, 0) is 0 Å². The smallest absolute Gasteiger partial charge is 0.362 e. The molecule has 0 radical (unpaired) electrons. The van der Waals surface area contributed by atoms with E-state index in [0.717, 1.165) is 42.3 Å². The van der Waals surface area contributed by atoms with Crippen LogP contribution in [0.1, 0.15) is 66.7 Å². The van der Waals surface area contributed by atoms with Gasteiger partial charge in [-0.1, -0.05) is 61.2 Å². The number of nitrogens with zero attached hydrogens (tertiary/aromatic N) is 2. The number of hydrogen-bond donors (Lipinski definition) is 2. The van der Waals surface area contributed by atoms with Crippen LogP contribution in [0, 0.1) is 0 Å². The molecule has 9 heteroatoms. The summed E-state index contributed by atoms with van der Waals surface area (Å²) in [5.41, 5.74) is 0.557. The Bertz CT molecular complexity index is 878. The van der Waals surface area contributed by atoms with Gasteiger partial charge >= 0.3 is 6.18 Å². The Hall–Kier alpha value is -2.22. The number of nitrogens with one attached hydrogen (secondary N) is 2. The van der Waals surface area contributed by atoms with Crippen molar-refractivity contribution in [2.45, 2.75) is 62.8 Å². The summed E-state index contributed by atoms with van der Waals surface area (Å²) in [4.78, 5) is 12.7. The molecule has 1 amide bonds. The van der Waals surface area contributed by atoms with Crippen LogP contribution >= 0.6 is 11.6 Å². The zero-order chi connectivity index (χ0) is 20.6. The molecule has 2 N–H and O–H groups in total. The maximum atomic E-state index is 13.8. The van der Waals surface area contributed by atoms with Gasteiger partial charge in [-0.25, -0.2) is 4.68 Å². The van der Waals surface area contributed by atoms with E-state index in [1.807, 2.05) is 0 Å². The lowest BCUT2D eigenvalue weighted by atomic mass is 9.95. The van der Waals surface area contributed by atoms with E-state index >= 15 is 0 Å². The predicted octanol–water partition coefficient (Wildman–Crippen LogP) is 5.26. The van der Waals surface area contributed by atoms with E-state index in [2.05, 4.69) is 15.7 Å². The van der Waals surface area contributed by atoms with Gasteiger partial charge < -0.3 is 10.6 Å². The van der Waals surface area contributed by atoms with E-state index in [1.54, 1.807) is 30.3 Å². The van der Waals surface area contributed by atoms with Gasteiger partial charge in [0, 0.05) is 12.5 Å². The lowest BCUT2D eigenvalue weighted by Gasteiger charge is -2.33. The average Bonchev–Trinajstić information content (AvgIpc) is 3.05. The number of anilines is 1. The summed E-state index contributed by atoms with van der Waals surface area (Å²) in [6, 6.07) is 6.44. The first-order valence-corrected chi connectivity index (χ1v) is 10.2. The van der Waals surface area contributed by atoms with Crippen molar-refractivity contribution in [1.82, 2.24) is 15.1 Å². The number of halogens is 4. The number of alkyl halides is 3. The molecule has 1 aliphatic carbocycles. The quantitative estimate of drug-likeness (QED) is 0.703. The van der Waals surface area contributed by atoms with Gasteiger partial charge in [-0.2, -0.15) is 18.3 Å². The minimum Gasteiger partial charge on any atom is -0.362 e. The molecule has 1 aromatic heterocycles. The number of aromatic nitrogens is 2. The number of rotatable bonds is 3. The van der Waals surface area contributed by atoms with Gasteiger partial charge in [0.25, 0.3) is 5.91 Å². The highest BCUT2D eigenvalue weighted by Gasteiger charge is 2.47. The highest BCUT2D eigenvalue weighted by Crippen LogP contribution is 2.46. The Balaban J connectivity index is 1.65. The summed E-state index contributed by atoms with van der Waals surface area (Å²) in [6.45, 7) is 0. The lowest BCUT2D eigenvalue weighted by Crippen LogP contribution is -2.37. The molecule has 2 heterocycles. The summed E-state index contributed by atoms with van der Waals surface area (Å²) >= 11 is 6.35. The normalized spacial score (nSPS) is 22.6. The van der Waals surface area contributed by atoms with Gasteiger partial charge in [-0.05, 0) is 18.4 Å². The molecule has 4 rings (SSSR count). The molecule has 0 spiro atoms. The van der Waals surface area contributed by atoms with Crippen molar-refractivity contribution in [3.05, 3.63) is 46.6 Å². The number of carbonyl (C=O) groups is 1. The third-order valence-electron chi connectivity index (χ3n) is 5.65. The summed E-state index contributed by atoms with van der Waals surface area (Å²) in [5, 5.41) is 9.83. The molecular formula is C20H22ClF3N4O. The zero-order valence-electron chi connectivity index (χ0n) is 15.7. The van der Waals surface area contributed by atoms with Crippen molar-refractivity contribution in [1.29, 1.82) is 0 Å². The third-order valence-corrected chi connectivity index (χ3v) is 6.01. The SMILES string of the molecule is O=C(NC1CCCCC1)c1nn2c(c1Cl)NC(c1ccccc1)CC2C(F)(F)F. The number of benzene rings is 1. The summed E-state index contributed by atoms with van der Waals surface area (Å²) in [7, 11) is 0. The fraction of sp³-hybridized carbons (Fsp3) is 0.500. The molecule has 5 nitrogen and oxygen atoms in total. The molecule has 156 valence electrons. The van der Waals surface area contributed by atoms with Gasteiger partial charge in [0.2, 0.25) is 0 Å². The number of amides is 1. The topological polar surface area (TPSA) is 59.0 Å². The van der Waals surface area contributed by atoms with Crippen LogP contribution in [0.25, 0.3) is 0 Å². The monoisotopic (exact) mass is 426 g/mol. The number of fused-ring (bicyclic) bond motifs is 1. The molecule has 0 saturated heterocycles. The Morgan fingerprint density at radius 2 is 1.86 bits per heavy atom. The van der Waals surface area contributed by atoms with E-state index in [1.165, 1.54) is 0 Å². The molecule has 1 aliphatic heterocycles. The maximum Gasteiger partial charge on any atom is 0.410 e. The highest BCUT2D eigenvalue weighted by atomic mass is 35.5. The van der Waals surface area contributed by atoms with E-state index in [-0.39, 0.29) is 29.0 Å². The first-order chi connectivity index (χ1) is 13.8. The van der Waals surface area contributed by atoms with E-state index < -0.39 is 24.2 Å². The van der Waals surface area contributed by atoms with Crippen molar-refractivity contribution >= 4 is 23.3 Å². The van der Waals surface area contributed by atoms with Crippen molar-refractivity contribution in [3.8, 4) is 0 Å². The minimum atomic E-state index is -4.52. The molecular weight excluding hydrogens is 405 g/mol. The minimum absolute atomic E-state index is 0.00878. The number of hydrogen-bond acceptors (Lipinski definition) is 3. The van der Waals surface area contributed by atoms with E-state index in [4.69, 9.17) is 11.6 Å². The summed E-state index contributed by atoms with van der Waals surface area (Å²) in [6.07, 6.45) is 0.138. The molecule has 29 heavy (non-hydrogen) atoms. The summed E-state index contributed by atoms with van der Waals surface area (Å²) in [5.74, 6) is -0.495. The molecule has 1 aromatic carbocycles. The van der Waals surface area contributed by atoms with Crippen molar-refractivity contribution < 1.29 is 18.0 Å². The van der Waals surface area contributed by atoms with Crippen LogP contribution < -0.4 is 10.6 Å². The Morgan fingerprint density at radius 3 is 2.52 bits per heavy atom. The van der Waals surface area contributed by atoms with Gasteiger partial charge in [0.05, 0.1) is 6.04 Å². The average molecular weight is 427 g/mol. The van der Waals surface area contributed by atoms with Crippen LogP contribution in [0.3, 0.4) is 0 Å². The molecule has 1 fully saturated rings. The van der Waals surface area contributed by atoms with Gasteiger partial charge in [0.15, 0.2) is 11.7 Å². The van der Waals surface area contributed by atoms with Gasteiger partial charge in [0.1, 0.15) is 10.8 Å². The maximum absolute atomic E-state index is 13.8. The van der Waals surface area contributed by atoms with E-state index in [0.29, 0.717) is 0 Å². The van der Waals surface area contributed by atoms with Crippen molar-refractivity contribution in [3.63, 3.8) is 0 Å². The van der Waals surface area contributed by atoms with Crippen LogP contribution in [-0.4, -0.2) is 27.9 Å². The van der Waals surface area contributed by atoms with Crippen molar-refractivity contribution in [2.24, 2.45) is 0 Å². The molecule has 1 saturated carbocycles. The fourth-order valence-corrected chi connectivity index (χ4v) is 4.40. The van der Waals surface area contributed by atoms with E-state index in [9.17, 15) is 18.0 Å². The molecule has 2 aromatic rings. The second kappa shape index (κ2) is 7.89. The van der Waals surface area contributed by atoms with Gasteiger partial charge in [-0.3, -0.25) is 4.79 Å². The summed E-state index contributed by atoms with van der Waals surface area (Å²) < 4.78 is 42.2. The largest absolute Gasteiger partial charge is 0.410 e. The third kappa shape index (κ3) is 4.08.